The molecular weight excluding hydrogens is 551 g/mol. The molecule has 3 atom stereocenters. The summed E-state index contributed by atoms with van der Waals surface area (Å²) in [5.74, 6) is 0.244. The fourth-order valence-electron chi connectivity index (χ4n) is 8.39. The molecule has 2 saturated heterocycles. The van der Waals surface area contributed by atoms with Crippen LogP contribution in [-0.4, -0.2) is 69.4 Å². The third-order valence-electron chi connectivity index (χ3n) is 10.7. The van der Waals surface area contributed by atoms with E-state index in [4.69, 9.17) is 5.10 Å². The van der Waals surface area contributed by atoms with E-state index in [0.717, 1.165) is 89.7 Å². The maximum absolute atomic E-state index is 14.4. The molecule has 1 aliphatic carbocycles. The number of nitrogens with zero attached hydrogens (tertiary/aromatic N) is 4. The molecule has 0 amide bonds. The summed E-state index contributed by atoms with van der Waals surface area (Å²) in [6, 6.07) is 19.6. The number of hydrogen-bond acceptors (Lipinski definition) is 4. The second-order valence-electron chi connectivity index (χ2n) is 13.5. The SMILES string of the molecule is CCn1nc(CCc2ccccc2)cc1C1CCN(C[C@H]2CN([C@@H](C(=O)O)C3CCCCC3)C[C@@H]2c2cccc(F)c2)CC1. The summed E-state index contributed by atoms with van der Waals surface area (Å²) in [5, 5.41) is 15.3. The van der Waals surface area contributed by atoms with Crippen LogP contribution < -0.4 is 0 Å². The molecule has 0 radical (unpaired) electrons. The van der Waals surface area contributed by atoms with Crippen molar-refractivity contribution in [2.75, 3.05) is 32.7 Å². The van der Waals surface area contributed by atoms with Crippen molar-refractivity contribution in [2.45, 2.75) is 89.1 Å². The molecule has 3 fully saturated rings. The Morgan fingerprint density at radius 1 is 0.955 bits per heavy atom. The molecule has 0 spiro atoms. The van der Waals surface area contributed by atoms with Gasteiger partial charge >= 0.3 is 5.97 Å². The van der Waals surface area contributed by atoms with Gasteiger partial charge in [0.25, 0.3) is 0 Å². The third-order valence-corrected chi connectivity index (χ3v) is 10.7. The van der Waals surface area contributed by atoms with Crippen molar-refractivity contribution < 1.29 is 14.3 Å². The summed E-state index contributed by atoms with van der Waals surface area (Å²) in [6.07, 6.45) is 9.63. The van der Waals surface area contributed by atoms with Crippen molar-refractivity contribution in [3.63, 3.8) is 0 Å². The van der Waals surface area contributed by atoms with Gasteiger partial charge in [0.05, 0.1) is 5.69 Å². The van der Waals surface area contributed by atoms with E-state index < -0.39 is 12.0 Å². The van der Waals surface area contributed by atoms with Crippen LogP contribution in [0.25, 0.3) is 0 Å². The smallest absolute Gasteiger partial charge is 0.321 e. The first kappa shape index (κ1) is 31.0. The highest BCUT2D eigenvalue weighted by atomic mass is 19.1. The Morgan fingerprint density at radius 2 is 1.73 bits per heavy atom. The van der Waals surface area contributed by atoms with Crippen LogP contribution in [0, 0.1) is 17.7 Å². The van der Waals surface area contributed by atoms with E-state index in [1.165, 1.54) is 29.4 Å². The molecule has 1 aromatic heterocycles. The zero-order chi connectivity index (χ0) is 30.5. The maximum Gasteiger partial charge on any atom is 0.321 e. The number of carboxylic acid groups (broad SMARTS) is 1. The Bertz CT molecular complexity index is 1360. The Morgan fingerprint density at radius 3 is 2.43 bits per heavy atom. The average Bonchev–Trinajstić information content (AvgIpc) is 3.65. The van der Waals surface area contributed by atoms with Crippen LogP contribution >= 0.6 is 0 Å². The third kappa shape index (κ3) is 7.26. The van der Waals surface area contributed by atoms with Gasteiger partial charge in [-0.15, -0.1) is 0 Å². The Kier molecular flexibility index (Phi) is 10.1. The number of carboxylic acids is 1. The number of halogens is 1. The zero-order valence-corrected chi connectivity index (χ0v) is 26.3. The molecular formula is C37H49FN4O2. The number of benzene rings is 2. The topological polar surface area (TPSA) is 61.6 Å². The summed E-state index contributed by atoms with van der Waals surface area (Å²) >= 11 is 0. The molecule has 6 nitrogen and oxygen atoms in total. The standard InChI is InChI=1S/C37H49FN4O2/c1-2-42-35(23-33(39-42)17-16-27-10-5-3-6-11-27)28-18-20-40(21-19-28)24-31-25-41(26-34(31)30-14-9-15-32(38)22-30)36(37(43)44)29-12-7-4-8-13-29/h3,5-6,9-11,14-15,22-23,28-29,31,34,36H,2,4,7-8,12-13,16-21,24-26H2,1H3,(H,43,44)/t31-,34+,36+/m0/s1. The molecule has 7 heteroatoms. The zero-order valence-electron chi connectivity index (χ0n) is 26.3. The van der Waals surface area contributed by atoms with Gasteiger partial charge in [-0.1, -0.05) is 61.7 Å². The van der Waals surface area contributed by atoms with Crippen LogP contribution in [0.15, 0.2) is 60.7 Å². The van der Waals surface area contributed by atoms with Gasteiger partial charge in [-0.05, 0) is 99.7 Å². The fraction of sp³-hybridized carbons (Fsp3) is 0.568. The lowest BCUT2D eigenvalue weighted by molar-refractivity contribution is -0.145. The lowest BCUT2D eigenvalue weighted by atomic mass is 9.83. The number of aromatic nitrogens is 2. The lowest BCUT2D eigenvalue weighted by Crippen LogP contribution is -2.46. The number of piperidine rings is 1. The summed E-state index contributed by atoms with van der Waals surface area (Å²) in [7, 11) is 0. The van der Waals surface area contributed by atoms with Gasteiger partial charge in [0.2, 0.25) is 0 Å². The summed E-state index contributed by atoms with van der Waals surface area (Å²) in [5.41, 5.74) is 4.92. The highest BCUT2D eigenvalue weighted by molar-refractivity contribution is 5.74. The molecule has 3 heterocycles. The monoisotopic (exact) mass is 600 g/mol. The van der Waals surface area contributed by atoms with E-state index in [2.05, 4.69) is 57.8 Å². The number of aryl methyl sites for hydroxylation is 3. The molecule has 44 heavy (non-hydrogen) atoms. The predicted octanol–water partition coefficient (Wildman–Crippen LogP) is 6.76. The van der Waals surface area contributed by atoms with E-state index in [9.17, 15) is 14.3 Å². The second kappa shape index (κ2) is 14.4. The van der Waals surface area contributed by atoms with Crippen molar-refractivity contribution in [1.82, 2.24) is 19.6 Å². The van der Waals surface area contributed by atoms with Gasteiger partial charge in [0, 0.05) is 43.7 Å². The number of likely N-dealkylation sites (tertiary alicyclic amines) is 2. The first-order valence-electron chi connectivity index (χ1n) is 17.0. The predicted molar refractivity (Wildman–Crippen MR) is 172 cm³/mol. The van der Waals surface area contributed by atoms with Gasteiger partial charge in [-0.2, -0.15) is 5.10 Å². The normalized spacial score (nSPS) is 23.2. The van der Waals surface area contributed by atoms with E-state index in [0.29, 0.717) is 12.5 Å². The first-order valence-corrected chi connectivity index (χ1v) is 17.0. The summed E-state index contributed by atoms with van der Waals surface area (Å²) in [6.45, 7) is 7.51. The number of hydrogen-bond donors (Lipinski definition) is 1. The van der Waals surface area contributed by atoms with E-state index >= 15 is 0 Å². The Hall–Kier alpha value is -3.03. The molecule has 1 N–H and O–H groups in total. The Balaban J connectivity index is 1.11. The van der Waals surface area contributed by atoms with Crippen molar-refractivity contribution in [1.29, 1.82) is 0 Å². The van der Waals surface area contributed by atoms with Crippen molar-refractivity contribution in [3.05, 3.63) is 89.0 Å². The number of carbonyl (C=O) groups is 1. The van der Waals surface area contributed by atoms with Crippen LogP contribution in [0.1, 0.15) is 86.2 Å². The van der Waals surface area contributed by atoms with Crippen molar-refractivity contribution in [3.8, 4) is 0 Å². The number of aliphatic carboxylic acids is 1. The van der Waals surface area contributed by atoms with Crippen LogP contribution in [0.2, 0.25) is 0 Å². The molecule has 0 bridgehead atoms. The van der Waals surface area contributed by atoms with Gasteiger partial charge in [0.1, 0.15) is 11.9 Å². The quantitative estimate of drug-likeness (QED) is 0.264. The Labute approximate surface area is 262 Å². The number of rotatable bonds is 11. The fourth-order valence-corrected chi connectivity index (χ4v) is 8.39. The van der Waals surface area contributed by atoms with Gasteiger partial charge < -0.3 is 10.0 Å². The summed E-state index contributed by atoms with van der Waals surface area (Å²) < 4.78 is 16.6. The minimum Gasteiger partial charge on any atom is -0.480 e. The minimum atomic E-state index is -0.688. The van der Waals surface area contributed by atoms with Gasteiger partial charge in [-0.3, -0.25) is 14.4 Å². The molecule has 1 saturated carbocycles. The molecule has 6 rings (SSSR count). The molecule has 2 aliphatic heterocycles. The largest absolute Gasteiger partial charge is 0.480 e. The van der Waals surface area contributed by atoms with Crippen LogP contribution in [0.4, 0.5) is 4.39 Å². The van der Waals surface area contributed by atoms with Crippen LogP contribution in [0.3, 0.4) is 0 Å². The molecule has 3 aromatic rings. The second-order valence-corrected chi connectivity index (χ2v) is 13.5. The highest BCUT2D eigenvalue weighted by Gasteiger charge is 2.43. The highest BCUT2D eigenvalue weighted by Crippen LogP contribution is 2.39. The van der Waals surface area contributed by atoms with E-state index in [1.54, 1.807) is 12.1 Å². The molecule has 0 unspecified atom stereocenters. The van der Waals surface area contributed by atoms with E-state index in [1.807, 2.05) is 6.07 Å². The van der Waals surface area contributed by atoms with Crippen molar-refractivity contribution >= 4 is 5.97 Å². The summed E-state index contributed by atoms with van der Waals surface area (Å²) in [4.78, 5) is 17.4. The van der Waals surface area contributed by atoms with Crippen molar-refractivity contribution in [2.24, 2.45) is 11.8 Å². The minimum absolute atomic E-state index is 0.141. The van der Waals surface area contributed by atoms with Gasteiger partial charge in [0.15, 0.2) is 0 Å². The first-order chi connectivity index (χ1) is 21.5. The lowest BCUT2D eigenvalue weighted by Gasteiger charge is -2.35. The van der Waals surface area contributed by atoms with Crippen LogP contribution in [-0.2, 0) is 24.2 Å². The van der Waals surface area contributed by atoms with E-state index in [-0.39, 0.29) is 23.6 Å². The van der Waals surface area contributed by atoms with Gasteiger partial charge in [-0.25, -0.2) is 4.39 Å². The molecule has 236 valence electrons. The van der Waals surface area contributed by atoms with Crippen LogP contribution in [0.5, 0.6) is 0 Å². The average molecular weight is 601 g/mol. The molecule has 2 aromatic carbocycles. The molecule has 3 aliphatic rings. The maximum atomic E-state index is 14.4.